The van der Waals surface area contributed by atoms with Crippen LogP contribution in [0, 0.1) is 24.5 Å². The summed E-state index contributed by atoms with van der Waals surface area (Å²) in [6.07, 6.45) is 15.6. The molecule has 0 amide bonds. The van der Waals surface area contributed by atoms with E-state index in [1.165, 1.54) is 16.9 Å². The first kappa shape index (κ1) is 36.3. The van der Waals surface area contributed by atoms with Crippen LogP contribution in [0.4, 0.5) is 20.7 Å². The Morgan fingerprint density at radius 2 is 1.40 bits per heavy atom. The van der Waals surface area contributed by atoms with Gasteiger partial charge in [0.05, 0.1) is 36.4 Å². The molecule has 0 spiro atoms. The van der Waals surface area contributed by atoms with E-state index in [4.69, 9.17) is 22.1 Å². The second-order valence-corrected chi connectivity index (χ2v) is 13.0. The molecular formula is C35H44ClF2N7OS. The molecule has 6 rings (SSSR count). The third kappa shape index (κ3) is 12.9. The van der Waals surface area contributed by atoms with Crippen molar-refractivity contribution in [1.29, 1.82) is 0 Å². The molecule has 2 aliphatic heterocycles. The molecule has 0 bridgehead atoms. The predicted molar refractivity (Wildman–Crippen MR) is 187 cm³/mol. The minimum atomic E-state index is -0.411. The highest BCUT2D eigenvalue weighted by Crippen LogP contribution is 2.25. The number of nitrogens with zero attached hydrogens (tertiary/aromatic N) is 6. The van der Waals surface area contributed by atoms with Gasteiger partial charge < -0.3 is 20.3 Å². The largest absolute Gasteiger partial charge is 0.490 e. The van der Waals surface area contributed by atoms with Gasteiger partial charge in [-0.15, -0.1) is 11.8 Å². The van der Waals surface area contributed by atoms with Crippen molar-refractivity contribution in [2.75, 3.05) is 48.8 Å². The Morgan fingerprint density at radius 3 is 1.98 bits per heavy atom. The molecule has 0 aliphatic carbocycles. The molecule has 1 atom stereocenters. The number of ether oxygens (including phenoxy) is 1. The van der Waals surface area contributed by atoms with Gasteiger partial charge in [0.25, 0.3) is 0 Å². The van der Waals surface area contributed by atoms with Crippen LogP contribution in [0.15, 0.2) is 78.2 Å². The van der Waals surface area contributed by atoms with Crippen molar-refractivity contribution in [1.82, 2.24) is 19.9 Å². The highest BCUT2D eigenvalue weighted by molar-refractivity contribution is 7.98. The highest BCUT2D eigenvalue weighted by Gasteiger charge is 2.21. The molecule has 8 nitrogen and oxygen atoms in total. The smallest absolute Gasteiger partial charge is 0.225 e. The van der Waals surface area contributed by atoms with Crippen LogP contribution in [0.5, 0.6) is 5.75 Å². The van der Waals surface area contributed by atoms with E-state index in [2.05, 4.69) is 67.2 Å². The van der Waals surface area contributed by atoms with Crippen molar-refractivity contribution in [2.45, 2.75) is 56.4 Å². The van der Waals surface area contributed by atoms with Crippen molar-refractivity contribution in [3.63, 3.8) is 0 Å². The molecule has 2 fully saturated rings. The Hall–Kier alpha value is -3.54. The Balaban J connectivity index is 0.000000238. The van der Waals surface area contributed by atoms with Gasteiger partial charge in [0.2, 0.25) is 11.9 Å². The topological polar surface area (TPSA) is 93.3 Å². The van der Waals surface area contributed by atoms with Crippen LogP contribution >= 0.6 is 23.4 Å². The fraction of sp³-hybridized carbons (Fsp3) is 0.429. The standard InChI is InChI=1S/C21H30ClN7O.C8H10S.C6H4F2/c22-17-11-24-20(25-12-17)28-8-5-16(6-9-28)3-2-10-30-19-13-26-21(27-14-19)29-7-1-4-18(23)15-29;1-7-3-5-8(9-2)6-4-7;7-5-1-2-6(8)4-3-5/h11-14,16,18H,1-10,15,23H2;3-6H,1-2H3;1-4H. The van der Waals surface area contributed by atoms with Gasteiger partial charge in [-0.2, -0.15) is 0 Å². The molecule has 2 aromatic carbocycles. The Kier molecular flexibility index (Phi) is 14.9. The van der Waals surface area contributed by atoms with Gasteiger partial charge in [0.15, 0.2) is 5.75 Å². The maximum atomic E-state index is 11.9. The molecule has 4 aromatic rings. The first-order chi connectivity index (χ1) is 22.8. The zero-order chi connectivity index (χ0) is 33.4. The molecule has 252 valence electrons. The second kappa shape index (κ2) is 19.3. The number of anilines is 2. The van der Waals surface area contributed by atoms with E-state index in [0.29, 0.717) is 11.6 Å². The van der Waals surface area contributed by atoms with Gasteiger partial charge in [-0.1, -0.05) is 29.3 Å². The molecule has 2 saturated heterocycles. The Morgan fingerprint density at radius 1 is 0.830 bits per heavy atom. The van der Waals surface area contributed by atoms with Crippen LogP contribution < -0.4 is 20.3 Å². The summed E-state index contributed by atoms with van der Waals surface area (Å²) in [5.74, 6) is 2.15. The van der Waals surface area contributed by atoms with Gasteiger partial charge in [-0.05, 0) is 94.0 Å². The van der Waals surface area contributed by atoms with Crippen molar-refractivity contribution >= 4 is 35.3 Å². The number of nitrogens with two attached hydrogens (primary N) is 1. The summed E-state index contributed by atoms with van der Waals surface area (Å²) in [4.78, 5) is 23.3. The van der Waals surface area contributed by atoms with Crippen molar-refractivity contribution < 1.29 is 13.5 Å². The van der Waals surface area contributed by atoms with Gasteiger partial charge in [0, 0.05) is 37.1 Å². The zero-order valence-electron chi connectivity index (χ0n) is 27.1. The molecule has 47 heavy (non-hydrogen) atoms. The van der Waals surface area contributed by atoms with Crippen molar-refractivity contribution in [2.24, 2.45) is 11.7 Å². The lowest BCUT2D eigenvalue weighted by Crippen LogP contribution is -2.43. The van der Waals surface area contributed by atoms with Gasteiger partial charge in [-0.3, -0.25) is 0 Å². The van der Waals surface area contributed by atoms with E-state index in [9.17, 15) is 8.78 Å². The number of rotatable bonds is 8. The predicted octanol–water partition coefficient (Wildman–Crippen LogP) is 7.60. The van der Waals surface area contributed by atoms with Crippen LogP contribution in [0.25, 0.3) is 0 Å². The van der Waals surface area contributed by atoms with Crippen LogP contribution in [0.3, 0.4) is 0 Å². The number of benzene rings is 2. The number of thioether (sulfide) groups is 1. The molecule has 0 saturated carbocycles. The van der Waals surface area contributed by atoms with Crippen LogP contribution in [0.2, 0.25) is 5.02 Å². The Labute approximate surface area is 286 Å². The van der Waals surface area contributed by atoms with E-state index in [1.807, 2.05) is 0 Å². The van der Waals surface area contributed by atoms with E-state index in [-0.39, 0.29) is 6.04 Å². The number of hydrogen-bond donors (Lipinski definition) is 1. The van der Waals surface area contributed by atoms with E-state index < -0.39 is 11.6 Å². The maximum Gasteiger partial charge on any atom is 0.225 e. The molecular weight excluding hydrogens is 640 g/mol. The van der Waals surface area contributed by atoms with E-state index in [1.54, 1.807) is 36.5 Å². The zero-order valence-corrected chi connectivity index (χ0v) is 28.6. The first-order valence-electron chi connectivity index (χ1n) is 16.0. The minimum absolute atomic E-state index is 0.212. The van der Waals surface area contributed by atoms with E-state index in [0.717, 1.165) is 106 Å². The quantitative estimate of drug-likeness (QED) is 0.149. The minimum Gasteiger partial charge on any atom is -0.490 e. The van der Waals surface area contributed by atoms with Crippen molar-refractivity contribution in [3.8, 4) is 5.75 Å². The molecule has 2 N–H and O–H groups in total. The molecule has 2 aromatic heterocycles. The van der Waals surface area contributed by atoms with E-state index >= 15 is 0 Å². The highest BCUT2D eigenvalue weighted by atomic mass is 35.5. The number of hydrogen-bond acceptors (Lipinski definition) is 9. The van der Waals surface area contributed by atoms with Crippen LogP contribution in [-0.4, -0.2) is 65.0 Å². The molecule has 2 aliphatic rings. The normalized spacial score (nSPS) is 16.4. The lowest BCUT2D eigenvalue weighted by Gasteiger charge is -2.32. The van der Waals surface area contributed by atoms with Crippen LogP contribution in [0.1, 0.15) is 44.1 Å². The monoisotopic (exact) mass is 683 g/mol. The lowest BCUT2D eigenvalue weighted by atomic mass is 9.92. The average molecular weight is 684 g/mol. The lowest BCUT2D eigenvalue weighted by molar-refractivity contribution is 0.277. The average Bonchev–Trinajstić information content (AvgIpc) is 3.10. The van der Waals surface area contributed by atoms with Gasteiger partial charge in [0.1, 0.15) is 11.6 Å². The summed E-state index contributed by atoms with van der Waals surface area (Å²) in [5, 5.41) is 0.573. The van der Waals surface area contributed by atoms with Crippen LogP contribution in [-0.2, 0) is 0 Å². The molecule has 0 radical (unpaired) electrons. The third-order valence-corrected chi connectivity index (χ3v) is 8.88. The fourth-order valence-corrected chi connectivity index (χ4v) is 5.80. The summed E-state index contributed by atoms with van der Waals surface area (Å²) in [6, 6.07) is 13.1. The maximum absolute atomic E-state index is 11.9. The number of piperidine rings is 2. The molecule has 12 heteroatoms. The number of aryl methyl sites for hydroxylation is 1. The Bertz CT molecular complexity index is 1420. The summed E-state index contributed by atoms with van der Waals surface area (Å²) in [7, 11) is 0. The van der Waals surface area contributed by atoms with Gasteiger partial charge in [-0.25, -0.2) is 28.7 Å². The first-order valence-corrected chi connectivity index (χ1v) is 17.6. The van der Waals surface area contributed by atoms with Crippen molar-refractivity contribution in [3.05, 3.63) is 95.5 Å². The fourth-order valence-electron chi connectivity index (χ4n) is 5.30. The molecule has 1 unspecified atom stereocenters. The summed E-state index contributed by atoms with van der Waals surface area (Å²) in [6.45, 7) is 6.56. The second-order valence-electron chi connectivity index (χ2n) is 11.6. The summed E-state index contributed by atoms with van der Waals surface area (Å²) in [5.41, 5.74) is 7.37. The SMILES string of the molecule is CSc1ccc(C)cc1.Fc1ccc(F)cc1.NC1CCCN(c2ncc(OCCCC3CCN(c4ncc(Cl)cn4)CC3)cn2)C1. The summed E-state index contributed by atoms with van der Waals surface area (Å²) < 4.78 is 29.7. The number of halogens is 3. The third-order valence-electron chi connectivity index (χ3n) is 7.94. The van der Waals surface area contributed by atoms with Gasteiger partial charge >= 0.3 is 0 Å². The molecule has 4 heterocycles. The summed E-state index contributed by atoms with van der Waals surface area (Å²) >= 11 is 7.65. The number of aromatic nitrogens is 4.